The second-order valence-electron chi connectivity index (χ2n) is 13.8. The quantitative estimate of drug-likeness (QED) is 0.0198. The van der Waals surface area contributed by atoms with Crippen LogP contribution in [0.25, 0.3) is 0 Å². The van der Waals surface area contributed by atoms with Crippen LogP contribution in [-0.2, 0) is 9.59 Å². The zero-order chi connectivity index (χ0) is 47.0. The summed E-state index contributed by atoms with van der Waals surface area (Å²) >= 11 is 2.61. The molecule has 0 fully saturated rings. The fourth-order valence-electron chi connectivity index (χ4n) is 5.78. The Morgan fingerprint density at radius 1 is 0.578 bits per heavy atom. The second kappa shape index (κ2) is 28.0. The van der Waals surface area contributed by atoms with Gasteiger partial charge < -0.3 is 87.2 Å². The molecule has 3 aromatic carbocycles. The Bertz CT molecular complexity index is 1920. The fraction of sp³-hybridized carbons (Fsp3) is 0.400. The summed E-state index contributed by atoms with van der Waals surface area (Å²) in [5, 5.41) is 31.5. The molecule has 2 atom stereocenters. The predicted octanol–water partition coefficient (Wildman–Crippen LogP) is 0.0259. The topological polar surface area (TPSA) is 415 Å². The largest absolute Gasteiger partial charge is 0.491 e. The molecular weight excluding hydrogens is 865 g/mol. The summed E-state index contributed by atoms with van der Waals surface area (Å²) < 4.78 is 11.8. The van der Waals surface area contributed by atoms with Gasteiger partial charge in [-0.05, 0) is 56.0 Å². The molecular formula is C40H62N16O6S2. The van der Waals surface area contributed by atoms with Crippen LogP contribution in [0.2, 0.25) is 0 Å². The van der Waals surface area contributed by atoms with E-state index in [0.717, 1.165) is 0 Å². The lowest BCUT2D eigenvalue weighted by molar-refractivity contribution is -0.118. The molecule has 350 valence electrons. The smallest absolute Gasteiger partial charge is 0.259 e. The van der Waals surface area contributed by atoms with Crippen LogP contribution in [0.4, 0.5) is 22.7 Å². The van der Waals surface area contributed by atoms with Gasteiger partial charge in [0.05, 0.1) is 55.8 Å². The van der Waals surface area contributed by atoms with Crippen molar-refractivity contribution in [3.8, 4) is 11.5 Å². The summed E-state index contributed by atoms with van der Waals surface area (Å²) in [6.07, 6.45) is 1.60. The molecule has 24 heteroatoms. The van der Waals surface area contributed by atoms with Crippen molar-refractivity contribution in [2.24, 2.45) is 45.9 Å². The maximum Gasteiger partial charge on any atom is 0.259 e. The van der Waals surface area contributed by atoms with Crippen molar-refractivity contribution in [3.63, 3.8) is 0 Å². The van der Waals surface area contributed by atoms with E-state index < -0.39 is 35.7 Å². The van der Waals surface area contributed by atoms with Gasteiger partial charge >= 0.3 is 0 Å². The number of benzene rings is 3. The number of anilines is 4. The molecule has 4 amide bonds. The number of thioether (sulfide) groups is 2. The van der Waals surface area contributed by atoms with Crippen LogP contribution in [0, 0.1) is 10.8 Å². The van der Waals surface area contributed by atoms with Crippen molar-refractivity contribution >= 4 is 81.8 Å². The monoisotopic (exact) mass is 926 g/mol. The van der Waals surface area contributed by atoms with E-state index in [0.29, 0.717) is 95.9 Å². The number of nitrogens with one attached hydrogen (secondary N) is 8. The van der Waals surface area contributed by atoms with Gasteiger partial charge in [0, 0.05) is 56.8 Å². The van der Waals surface area contributed by atoms with Crippen molar-refractivity contribution in [2.45, 2.75) is 47.6 Å². The predicted molar refractivity (Wildman–Crippen MR) is 255 cm³/mol. The highest BCUT2D eigenvalue weighted by atomic mass is 32.2. The number of rotatable bonds is 28. The molecule has 3 rings (SSSR count). The van der Waals surface area contributed by atoms with Crippen LogP contribution >= 0.6 is 23.5 Å². The average Bonchev–Trinajstić information content (AvgIpc) is 3.26. The van der Waals surface area contributed by atoms with E-state index in [1.54, 1.807) is 36.4 Å². The molecule has 0 saturated carbocycles. The maximum atomic E-state index is 14.3. The lowest BCUT2D eigenvalue weighted by Gasteiger charge is -2.20. The first-order valence-corrected chi connectivity index (χ1v) is 22.4. The Morgan fingerprint density at radius 3 is 1.30 bits per heavy atom. The van der Waals surface area contributed by atoms with Gasteiger partial charge in [-0.2, -0.15) is 0 Å². The third kappa shape index (κ3) is 17.0. The molecule has 24 N–H and O–H groups in total. The number of ether oxygens (including phenoxy) is 2. The minimum absolute atomic E-state index is 0.0194. The normalized spacial score (nSPS) is 11.7. The molecule has 0 spiro atoms. The summed E-state index contributed by atoms with van der Waals surface area (Å²) in [6, 6.07) is 10.9. The van der Waals surface area contributed by atoms with Crippen molar-refractivity contribution in [1.82, 2.24) is 10.6 Å². The SMILES string of the molecule is N=C(N)NCCC[C@@H](N)C(=O)Nc1cccc(NC(=O)c2cc(C(=O)Nc3cccc(NC(=O)[C@H](N)CCCNC(=N)N)c3SCCN)c(OCCN)cc2OCCN)c1SCCN. The van der Waals surface area contributed by atoms with Gasteiger partial charge in [-0.25, -0.2) is 0 Å². The van der Waals surface area contributed by atoms with Crippen molar-refractivity contribution < 1.29 is 28.7 Å². The first-order chi connectivity index (χ1) is 30.7. The highest BCUT2D eigenvalue weighted by Gasteiger charge is 2.25. The summed E-state index contributed by atoms with van der Waals surface area (Å²) in [6.45, 7) is 1.58. The first-order valence-electron chi connectivity index (χ1n) is 20.4. The Kier molecular flexibility index (Phi) is 23.0. The van der Waals surface area contributed by atoms with Gasteiger partial charge in [0.15, 0.2) is 11.9 Å². The number of guanidine groups is 2. The first kappa shape index (κ1) is 52.5. The van der Waals surface area contributed by atoms with Gasteiger partial charge in [-0.3, -0.25) is 30.0 Å². The minimum Gasteiger partial charge on any atom is -0.491 e. The summed E-state index contributed by atoms with van der Waals surface area (Å²) in [5.41, 5.74) is 47.6. The minimum atomic E-state index is -0.876. The third-order valence-electron chi connectivity index (χ3n) is 8.78. The van der Waals surface area contributed by atoms with Gasteiger partial charge in [-0.1, -0.05) is 12.1 Å². The molecule has 0 aromatic heterocycles. The molecule has 0 bridgehead atoms. The van der Waals surface area contributed by atoms with Gasteiger partial charge in [0.1, 0.15) is 24.7 Å². The zero-order valence-electron chi connectivity index (χ0n) is 35.6. The number of hydrogen-bond acceptors (Lipinski definition) is 16. The van der Waals surface area contributed by atoms with E-state index >= 15 is 0 Å². The average molecular weight is 927 g/mol. The highest BCUT2D eigenvalue weighted by Crippen LogP contribution is 2.38. The number of nitrogens with two attached hydrogens (primary N) is 8. The number of hydrogen-bond donors (Lipinski definition) is 16. The second-order valence-corrected chi connectivity index (χ2v) is 16.0. The molecule has 0 unspecified atom stereocenters. The number of amides is 4. The van der Waals surface area contributed by atoms with Crippen LogP contribution in [-0.4, -0.2) is 112 Å². The van der Waals surface area contributed by atoms with Gasteiger partial charge in [0.2, 0.25) is 11.8 Å². The standard InChI is InChI=1S/C40H62N16O6S2/c41-11-17-61-31-22-32(62-18-12-42)24(36(58)54-28-8-2-10-30(34(28)64-20-14-44)56-38(60)26(46)6-4-16-52-40(49)50)21-23(31)35(57)53-27-7-1-9-29(33(27)63-19-13-43)55-37(59)25(45)5-3-15-51-39(47)48/h1-2,7-10,21-22,25-26H,3-6,11-20,41-46H2,(H,53,57)(H,54,58)(H,55,59)(H,56,60)(H4,47,48,51)(H4,49,50,52)/t25-,26-/m1/s1. The summed E-state index contributed by atoms with van der Waals surface area (Å²) in [4.78, 5) is 56.0. The lowest BCUT2D eigenvalue weighted by Crippen LogP contribution is -2.37. The van der Waals surface area contributed by atoms with Crippen LogP contribution in [0.3, 0.4) is 0 Å². The van der Waals surface area contributed by atoms with Crippen LogP contribution in [0.1, 0.15) is 46.4 Å². The van der Waals surface area contributed by atoms with Gasteiger partial charge in [0.25, 0.3) is 11.8 Å². The van der Waals surface area contributed by atoms with Crippen molar-refractivity contribution in [1.29, 1.82) is 10.8 Å². The van der Waals surface area contributed by atoms with Crippen LogP contribution in [0.15, 0.2) is 58.3 Å². The maximum absolute atomic E-state index is 14.3. The molecule has 22 nitrogen and oxygen atoms in total. The van der Waals surface area contributed by atoms with E-state index in [1.165, 1.54) is 35.7 Å². The van der Waals surface area contributed by atoms with E-state index in [-0.39, 0.29) is 60.8 Å². The van der Waals surface area contributed by atoms with Crippen LogP contribution in [0.5, 0.6) is 11.5 Å². The number of carbonyl (C=O) groups excluding carboxylic acids is 4. The zero-order valence-corrected chi connectivity index (χ0v) is 37.2. The molecule has 0 aliphatic rings. The van der Waals surface area contributed by atoms with E-state index in [2.05, 4.69) is 31.9 Å². The molecule has 0 saturated heterocycles. The Balaban J connectivity index is 2.01. The lowest BCUT2D eigenvalue weighted by atomic mass is 10.1. The molecule has 0 heterocycles. The van der Waals surface area contributed by atoms with E-state index in [9.17, 15) is 19.2 Å². The molecule has 0 aliphatic heterocycles. The Labute approximate surface area is 380 Å². The van der Waals surface area contributed by atoms with E-state index in [1.807, 2.05) is 0 Å². The fourth-order valence-corrected chi connectivity index (χ4v) is 7.52. The van der Waals surface area contributed by atoms with Crippen molar-refractivity contribution in [2.75, 3.05) is 85.3 Å². The third-order valence-corrected chi connectivity index (χ3v) is 11.1. The molecule has 64 heavy (non-hydrogen) atoms. The Hall–Kier alpha value is -5.86. The van der Waals surface area contributed by atoms with Gasteiger partial charge in [-0.15, -0.1) is 23.5 Å². The van der Waals surface area contributed by atoms with E-state index in [4.69, 9.17) is 66.2 Å². The van der Waals surface area contributed by atoms with Crippen LogP contribution < -0.4 is 87.2 Å². The highest BCUT2D eigenvalue weighted by molar-refractivity contribution is 7.99. The summed E-state index contributed by atoms with van der Waals surface area (Å²) in [5.74, 6) is -1.62. The molecule has 0 aliphatic carbocycles. The number of carbonyl (C=O) groups is 4. The molecule has 0 radical (unpaired) electrons. The molecule has 3 aromatic rings. The summed E-state index contributed by atoms with van der Waals surface area (Å²) in [7, 11) is 0. The van der Waals surface area contributed by atoms with Crippen molar-refractivity contribution in [3.05, 3.63) is 59.7 Å². The Morgan fingerprint density at radius 2 is 0.953 bits per heavy atom.